The molecule has 8 heteroatoms. The number of rotatable bonds is 4. The second kappa shape index (κ2) is 5.70. The number of carbonyl (C=O) groups is 1. The third-order valence-electron chi connectivity index (χ3n) is 3.09. The summed E-state index contributed by atoms with van der Waals surface area (Å²) in [6.07, 6.45) is 4.61. The molecule has 1 aliphatic heterocycles. The van der Waals surface area contributed by atoms with Crippen molar-refractivity contribution < 1.29 is 17.9 Å². The number of ether oxygens (including phenoxy) is 1. The molecule has 0 aromatic carbocycles. The summed E-state index contributed by atoms with van der Waals surface area (Å²) in [5.41, 5.74) is 0. The van der Waals surface area contributed by atoms with Gasteiger partial charge in [0.05, 0.1) is 12.8 Å². The van der Waals surface area contributed by atoms with Gasteiger partial charge in [-0.15, -0.1) is 0 Å². The monoisotopic (exact) mass is 287 g/mol. The van der Waals surface area contributed by atoms with Crippen LogP contribution in [0.2, 0.25) is 0 Å². The first-order chi connectivity index (χ1) is 9.07. The normalized spacial score (nSPS) is 21.2. The number of hydrogen-bond donors (Lipinski definition) is 1. The standard InChI is InChI=1S/C11H17N3O4S/c1-2-18-11(15)10-5-3-4-6-14(10)19(16,17)9-7-12-13-8-9/h7-8,10H,2-6H2,1H3,(H,12,13). The van der Waals surface area contributed by atoms with E-state index >= 15 is 0 Å². The number of aromatic amines is 1. The Bertz CT molecular complexity index is 526. The van der Waals surface area contributed by atoms with E-state index in [4.69, 9.17) is 4.74 Å². The molecule has 1 saturated heterocycles. The summed E-state index contributed by atoms with van der Waals surface area (Å²) in [6.45, 7) is 2.28. The van der Waals surface area contributed by atoms with Crippen molar-refractivity contribution in [2.45, 2.75) is 37.1 Å². The minimum atomic E-state index is -3.69. The highest BCUT2D eigenvalue weighted by Gasteiger charge is 2.38. The number of aromatic nitrogens is 2. The SMILES string of the molecule is CCOC(=O)C1CCCCN1S(=O)(=O)c1cn[nH]c1. The maximum Gasteiger partial charge on any atom is 0.324 e. The van der Waals surface area contributed by atoms with E-state index < -0.39 is 22.0 Å². The summed E-state index contributed by atoms with van der Waals surface area (Å²) in [5.74, 6) is -0.478. The summed E-state index contributed by atoms with van der Waals surface area (Å²) in [4.78, 5) is 11.9. The molecule has 1 aromatic heterocycles. The van der Waals surface area contributed by atoms with E-state index in [0.717, 1.165) is 12.8 Å². The molecule has 1 N–H and O–H groups in total. The summed E-state index contributed by atoms with van der Waals surface area (Å²) >= 11 is 0. The molecule has 0 saturated carbocycles. The van der Waals surface area contributed by atoms with Crippen LogP contribution in [0.15, 0.2) is 17.3 Å². The lowest BCUT2D eigenvalue weighted by Crippen LogP contribution is -2.48. The zero-order valence-corrected chi connectivity index (χ0v) is 11.5. The van der Waals surface area contributed by atoms with Crippen LogP contribution in [0.3, 0.4) is 0 Å². The largest absolute Gasteiger partial charge is 0.465 e. The third-order valence-corrected chi connectivity index (χ3v) is 4.97. The highest BCUT2D eigenvalue weighted by molar-refractivity contribution is 7.89. The molecule has 1 unspecified atom stereocenters. The highest BCUT2D eigenvalue weighted by Crippen LogP contribution is 2.25. The second-order valence-electron chi connectivity index (χ2n) is 4.31. The Morgan fingerprint density at radius 1 is 1.58 bits per heavy atom. The maximum absolute atomic E-state index is 12.4. The molecule has 0 amide bonds. The van der Waals surface area contributed by atoms with Gasteiger partial charge in [-0.3, -0.25) is 9.89 Å². The van der Waals surface area contributed by atoms with Gasteiger partial charge in [-0.05, 0) is 26.2 Å². The minimum Gasteiger partial charge on any atom is -0.465 e. The van der Waals surface area contributed by atoms with Crippen molar-refractivity contribution in [3.63, 3.8) is 0 Å². The average molecular weight is 287 g/mol. The van der Waals surface area contributed by atoms with Gasteiger partial charge in [-0.25, -0.2) is 8.42 Å². The molecule has 1 atom stereocenters. The van der Waals surface area contributed by atoms with Crippen molar-refractivity contribution >= 4 is 16.0 Å². The van der Waals surface area contributed by atoms with Crippen molar-refractivity contribution in [2.24, 2.45) is 0 Å². The number of piperidine rings is 1. The molecule has 7 nitrogen and oxygen atoms in total. The minimum absolute atomic E-state index is 0.0729. The van der Waals surface area contributed by atoms with Crippen LogP contribution < -0.4 is 0 Å². The summed E-state index contributed by atoms with van der Waals surface area (Å²) in [5, 5.41) is 6.11. The maximum atomic E-state index is 12.4. The number of H-pyrrole nitrogens is 1. The van der Waals surface area contributed by atoms with Gasteiger partial charge < -0.3 is 4.74 Å². The smallest absolute Gasteiger partial charge is 0.324 e. The van der Waals surface area contributed by atoms with Crippen molar-refractivity contribution in [1.29, 1.82) is 0 Å². The predicted molar refractivity (Wildman–Crippen MR) is 66.8 cm³/mol. The third kappa shape index (κ3) is 2.79. The molecule has 106 valence electrons. The van der Waals surface area contributed by atoms with Crippen LogP contribution >= 0.6 is 0 Å². The molecule has 0 radical (unpaired) electrons. The van der Waals surface area contributed by atoms with E-state index in [0.29, 0.717) is 13.0 Å². The summed E-state index contributed by atoms with van der Waals surface area (Å²) < 4.78 is 31.0. The lowest BCUT2D eigenvalue weighted by Gasteiger charge is -2.32. The Hall–Kier alpha value is -1.41. The van der Waals surface area contributed by atoms with E-state index in [1.165, 1.54) is 16.7 Å². The van der Waals surface area contributed by atoms with Crippen molar-refractivity contribution in [3.8, 4) is 0 Å². The van der Waals surface area contributed by atoms with Gasteiger partial charge in [0.2, 0.25) is 10.0 Å². The molecule has 1 aliphatic rings. The first-order valence-electron chi connectivity index (χ1n) is 6.24. The fraction of sp³-hybridized carbons (Fsp3) is 0.636. The molecule has 19 heavy (non-hydrogen) atoms. The predicted octanol–water partition coefficient (Wildman–Crippen LogP) is 0.516. The Morgan fingerprint density at radius 3 is 3.00 bits per heavy atom. The zero-order chi connectivity index (χ0) is 13.9. The molecule has 0 bridgehead atoms. The van der Waals surface area contributed by atoms with Crippen LogP contribution in [-0.2, 0) is 19.6 Å². The van der Waals surface area contributed by atoms with Gasteiger partial charge in [-0.2, -0.15) is 9.40 Å². The van der Waals surface area contributed by atoms with E-state index in [1.807, 2.05) is 0 Å². The number of nitrogens with zero attached hydrogens (tertiary/aromatic N) is 2. The lowest BCUT2D eigenvalue weighted by molar-refractivity contribution is -0.148. The zero-order valence-electron chi connectivity index (χ0n) is 10.7. The van der Waals surface area contributed by atoms with E-state index in [-0.39, 0.29) is 11.5 Å². The molecule has 2 rings (SSSR count). The van der Waals surface area contributed by atoms with Gasteiger partial charge in [0, 0.05) is 12.7 Å². The summed E-state index contributed by atoms with van der Waals surface area (Å²) in [6, 6.07) is -0.728. The van der Waals surface area contributed by atoms with Crippen LogP contribution in [0.1, 0.15) is 26.2 Å². The van der Waals surface area contributed by atoms with Crippen molar-refractivity contribution in [3.05, 3.63) is 12.4 Å². The number of hydrogen-bond acceptors (Lipinski definition) is 5. The highest BCUT2D eigenvalue weighted by atomic mass is 32.2. The van der Waals surface area contributed by atoms with E-state index in [2.05, 4.69) is 10.2 Å². The van der Waals surface area contributed by atoms with Crippen LogP contribution in [0.25, 0.3) is 0 Å². The number of nitrogens with one attached hydrogen (secondary N) is 1. The van der Waals surface area contributed by atoms with Crippen LogP contribution in [0, 0.1) is 0 Å². The Kier molecular flexibility index (Phi) is 4.20. The second-order valence-corrected chi connectivity index (χ2v) is 6.20. The van der Waals surface area contributed by atoms with Gasteiger partial charge in [0.1, 0.15) is 10.9 Å². The number of sulfonamides is 1. The fourth-order valence-electron chi connectivity index (χ4n) is 2.18. The van der Waals surface area contributed by atoms with E-state index in [1.54, 1.807) is 6.92 Å². The molecule has 2 heterocycles. The Morgan fingerprint density at radius 2 is 2.37 bits per heavy atom. The molecular formula is C11H17N3O4S. The van der Waals surface area contributed by atoms with E-state index in [9.17, 15) is 13.2 Å². The Balaban J connectivity index is 2.27. The first kappa shape index (κ1) is 14.0. The number of esters is 1. The molecule has 1 fully saturated rings. The van der Waals surface area contributed by atoms with Gasteiger partial charge in [0.25, 0.3) is 0 Å². The van der Waals surface area contributed by atoms with Gasteiger partial charge in [0.15, 0.2) is 0 Å². The lowest BCUT2D eigenvalue weighted by atomic mass is 10.1. The molecule has 0 spiro atoms. The average Bonchev–Trinajstić information content (AvgIpc) is 2.93. The summed E-state index contributed by atoms with van der Waals surface area (Å²) in [7, 11) is -3.69. The topological polar surface area (TPSA) is 92.4 Å². The number of carbonyl (C=O) groups excluding carboxylic acids is 1. The van der Waals surface area contributed by atoms with Crippen LogP contribution in [0.4, 0.5) is 0 Å². The van der Waals surface area contributed by atoms with Gasteiger partial charge >= 0.3 is 5.97 Å². The molecule has 0 aliphatic carbocycles. The fourth-order valence-corrected chi connectivity index (χ4v) is 3.74. The quantitative estimate of drug-likeness (QED) is 0.815. The Labute approximate surface area is 112 Å². The molecule has 1 aromatic rings. The van der Waals surface area contributed by atoms with Crippen LogP contribution in [-0.4, -0.2) is 48.1 Å². The molecular weight excluding hydrogens is 270 g/mol. The van der Waals surface area contributed by atoms with Crippen LogP contribution in [0.5, 0.6) is 0 Å². The van der Waals surface area contributed by atoms with Crippen molar-refractivity contribution in [2.75, 3.05) is 13.2 Å². The first-order valence-corrected chi connectivity index (χ1v) is 7.68. The van der Waals surface area contributed by atoms with Crippen molar-refractivity contribution in [1.82, 2.24) is 14.5 Å². The van der Waals surface area contributed by atoms with Gasteiger partial charge in [-0.1, -0.05) is 0 Å².